The molecule has 160 valence electrons. The van der Waals surface area contributed by atoms with E-state index in [4.69, 9.17) is 5.73 Å². The maximum Gasteiger partial charge on any atom is 0.253 e. The summed E-state index contributed by atoms with van der Waals surface area (Å²) in [5, 5.41) is 6.39. The summed E-state index contributed by atoms with van der Waals surface area (Å²) < 4.78 is 0. The van der Waals surface area contributed by atoms with E-state index in [0.29, 0.717) is 12.1 Å². The molecule has 1 amide bonds. The number of hydrogen-bond acceptors (Lipinski definition) is 5. The van der Waals surface area contributed by atoms with Crippen LogP contribution in [0.15, 0.2) is 91.4 Å². The van der Waals surface area contributed by atoms with Gasteiger partial charge in [-0.3, -0.25) is 14.8 Å². The maximum atomic E-state index is 12.4. The zero-order valence-electron chi connectivity index (χ0n) is 17.7. The number of nitrogen functional groups attached to an aromatic ring is 1. The molecule has 0 radical (unpaired) electrons. The van der Waals surface area contributed by atoms with Crippen LogP contribution in [-0.4, -0.2) is 22.4 Å². The number of nitrogens with two attached hydrogens (primary N) is 1. The molecule has 0 saturated carbocycles. The molecule has 2 aromatic heterocycles. The average Bonchev–Trinajstić information content (AvgIpc) is 2.85. The lowest BCUT2D eigenvalue weighted by Gasteiger charge is -2.12. The largest absolute Gasteiger partial charge is 0.399 e. The minimum absolute atomic E-state index is 0.164. The molecule has 2 heterocycles. The number of anilines is 2. The van der Waals surface area contributed by atoms with Crippen molar-refractivity contribution in [2.45, 2.75) is 13.0 Å². The van der Waals surface area contributed by atoms with Gasteiger partial charge < -0.3 is 16.4 Å². The summed E-state index contributed by atoms with van der Waals surface area (Å²) in [4.78, 5) is 21.0. The fourth-order valence-corrected chi connectivity index (χ4v) is 3.36. The highest BCUT2D eigenvalue weighted by molar-refractivity contribution is 5.94. The molecule has 0 aliphatic carbocycles. The molecule has 0 atom stereocenters. The summed E-state index contributed by atoms with van der Waals surface area (Å²) in [6.07, 6.45) is 5.94. The Morgan fingerprint density at radius 2 is 1.72 bits per heavy atom. The number of carbonyl (C=O) groups excluding carboxylic acids is 1. The van der Waals surface area contributed by atoms with Crippen LogP contribution in [-0.2, 0) is 13.0 Å². The number of pyridine rings is 2. The van der Waals surface area contributed by atoms with Crippen molar-refractivity contribution in [2.75, 3.05) is 17.6 Å². The van der Waals surface area contributed by atoms with E-state index in [2.05, 4.69) is 20.6 Å². The molecule has 0 fully saturated rings. The Bertz CT molecular complexity index is 1160. The van der Waals surface area contributed by atoms with Gasteiger partial charge >= 0.3 is 0 Å². The monoisotopic (exact) mass is 423 g/mol. The minimum Gasteiger partial charge on any atom is -0.399 e. The molecule has 0 spiro atoms. The minimum atomic E-state index is -0.164. The van der Waals surface area contributed by atoms with Gasteiger partial charge in [-0.1, -0.05) is 36.4 Å². The summed E-state index contributed by atoms with van der Waals surface area (Å²) in [6.45, 7) is 1.21. The number of amides is 1. The number of nitrogens with zero attached hydrogens (tertiary/aromatic N) is 2. The summed E-state index contributed by atoms with van der Waals surface area (Å²) in [5.41, 5.74) is 12.0. The predicted molar refractivity (Wildman–Crippen MR) is 128 cm³/mol. The predicted octanol–water partition coefficient (Wildman–Crippen LogP) is 4.31. The van der Waals surface area contributed by atoms with Crippen molar-refractivity contribution >= 4 is 17.3 Å². The zero-order chi connectivity index (χ0) is 22.2. The first-order valence-corrected chi connectivity index (χ1v) is 10.5. The Kier molecular flexibility index (Phi) is 6.72. The lowest BCUT2D eigenvalue weighted by Crippen LogP contribution is -2.22. The van der Waals surface area contributed by atoms with Crippen molar-refractivity contribution < 1.29 is 4.79 Å². The topological polar surface area (TPSA) is 92.9 Å². The van der Waals surface area contributed by atoms with Crippen LogP contribution >= 0.6 is 0 Å². The van der Waals surface area contributed by atoms with Crippen molar-refractivity contribution in [3.8, 4) is 11.3 Å². The third-order valence-electron chi connectivity index (χ3n) is 5.11. The molecule has 0 saturated heterocycles. The highest BCUT2D eigenvalue weighted by Gasteiger charge is 2.09. The van der Waals surface area contributed by atoms with Crippen molar-refractivity contribution in [2.24, 2.45) is 0 Å². The van der Waals surface area contributed by atoms with Crippen LogP contribution in [0.25, 0.3) is 11.3 Å². The van der Waals surface area contributed by atoms with Crippen LogP contribution in [0.4, 0.5) is 11.4 Å². The molecular formula is C26H25N5O. The summed E-state index contributed by atoms with van der Waals surface area (Å²) >= 11 is 0. The molecule has 6 heteroatoms. The van der Waals surface area contributed by atoms with E-state index in [0.717, 1.165) is 41.2 Å². The molecule has 4 rings (SSSR count). The number of carbonyl (C=O) groups is 1. The molecular weight excluding hydrogens is 398 g/mol. The highest BCUT2D eigenvalue weighted by atomic mass is 16.1. The zero-order valence-corrected chi connectivity index (χ0v) is 17.7. The van der Waals surface area contributed by atoms with Gasteiger partial charge in [0.25, 0.3) is 5.91 Å². The second-order valence-electron chi connectivity index (χ2n) is 7.44. The number of nitrogens with one attached hydrogen (secondary N) is 2. The third-order valence-corrected chi connectivity index (χ3v) is 5.11. The Balaban J connectivity index is 1.39. The molecule has 4 N–H and O–H groups in total. The fourth-order valence-electron chi connectivity index (χ4n) is 3.36. The van der Waals surface area contributed by atoms with Gasteiger partial charge in [0.05, 0.1) is 11.3 Å². The molecule has 0 bridgehead atoms. The molecule has 6 nitrogen and oxygen atoms in total. The van der Waals surface area contributed by atoms with E-state index in [9.17, 15) is 4.79 Å². The standard InChI is InChI=1S/C26H25N5O/c27-22-10-7-19(8-11-22)13-15-29-24-6-2-1-5-23(24)25-12-9-21(18-30-25)26(32)31-17-20-4-3-14-28-16-20/h1-12,14,16,18,29H,13,15,17,27H2,(H,31,32). The second-order valence-corrected chi connectivity index (χ2v) is 7.44. The SMILES string of the molecule is Nc1ccc(CCNc2ccccc2-c2ccc(C(=O)NCc3cccnc3)cn2)cc1. The summed E-state index contributed by atoms with van der Waals surface area (Å²) in [5.74, 6) is -0.164. The molecule has 0 aliphatic rings. The lowest BCUT2D eigenvalue weighted by molar-refractivity contribution is 0.0950. The average molecular weight is 424 g/mol. The Hall–Kier alpha value is -4.19. The van der Waals surface area contributed by atoms with Gasteiger partial charge in [0.15, 0.2) is 0 Å². The Morgan fingerprint density at radius 1 is 0.875 bits per heavy atom. The first kappa shape index (κ1) is 21.1. The van der Waals surface area contributed by atoms with Crippen LogP contribution in [0.1, 0.15) is 21.5 Å². The number of aromatic nitrogens is 2. The fraction of sp³-hybridized carbons (Fsp3) is 0.115. The molecule has 0 aliphatic heterocycles. The van der Waals surface area contributed by atoms with E-state index >= 15 is 0 Å². The van der Waals surface area contributed by atoms with E-state index < -0.39 is 0 Å². The van der Waals surface area contributed by atoms with Crippen LogP contribution in [0, 0.1) is 0 Å². The molecule has 4 aromatic rings. The number of para-hydroxylation sites is 1. The molecule has 2 aromatic carbocycles. The Labute approximate surface area is 187 Å². The maximum absolute atomic E-state index is 12.4. The van der Waals surface area contributed by atoms with E-state index in [1.165, 1.54) is 5.56 Å². The first-order valence-electron chi connectivity index (χ1n) is 10.5. The number of hydrogen-bond donors (Lipinski definition) is 3. The second kappa shape index (κ2) is 10.2. The lowest BCUT2D eigenvalue weighted by atomic mass is 10.1. The van der Waals surface area contributed by atoms with Crippen molar-refractivity contribution in [3.63, 3.8) is 0 Å². The van der Waals surface area contributed by atoms with Crippen molar-refractivity contribution in [1.29, 1.82) is 0 Å². The highest BCUT2D eigenvalue weighted by Crippen LogP contribution is 2.26. The van der Waals surface area contributed by atoms with Gasteiger partial charge in [-0.15, -0.1) is 0 Å². The first-order chi connectivity index (χ1) is 15.7. The number of rotatable bonds is 8. The van der Waals surface area contributed by atoms with Crippen molar-refractivity contribution in [3.05, 3.63) is 108 Å². The van der Waals surface area contributed by atoms with Gasteiger partial charge in [-0.2, -0.15) is 0 Å². The summed E-state index contributed by atoms with van der Waals surface area (Å²) in [7, 11) is 0. The van der Waals surface area contributed by atoms with Gasteiger partial charge in [0.2, 0.25) is 0 Å². The van der Waals surface area contributed by atoms with E-state index in [1.54, 1.807) is 24.7 Å². The van der Waals surface area contributed by atoms with Crippen LogP contribution < -0.4 is 16.4 Å². The van der Waals surface area contributed by atoms with E-state index in [-0.39, 0.29) is 5.91 Å². The normalized spacial score (nSPS) is 10.5. The third kappa shape index (κ3) is 5.49. The molecule has 32 heavy (non-hydrogen) atoms. The van der Waals surface area contributed by atoms with Crippen LogP contribution in [0.2, 0.25) is 0 Å². The van der Waals surface area contributed by atoms with Crippen LogP contribution in [0.3, 0.4) is 0 Å². The van der Waals surface area contributed by atoms with Gasteiger partial charge in [-0.05, 0) is 53.9 Å². The Morgan fingerprint density at radius 3 is 2.47 bits per heavy atom. The van der Waals surface area contributed by atoms with Gasteiger partial charge in [0.1, 0.15) is 0 Å². The number of benzene rings is 2. The smallest absolute Gasteiger partial charge is 0.253 e. The quantitative estimate of drug-likeness (QED) is 0.367. The molecule has 0 unspecified atom stereocenters. The van der Waals surface area contributed by atoms with Gasteiger partial charge in [0, 0.05) is 48.6 Å². The van der Waals surface area contributed by atoms with Crippen molar-refractivity contribution in [1.82, 2.24) is 15.3 Å². The summed E-state index contributed by atoms with van der Waals surface area (Å²) in [6, 6.07) is 23.4. The van der Waals surface area contributed by atoms with E-state index in [1.807, 2.05) is 66.7 Å². The van der Waals surface area contributed by atoms with Gasteiger partial charge in [-0.25, -0.2) is 0 Å². The van der Waals surface area contributed by atoms with Crippen LogP contribution in [0.5, 0.6) is 0 Å².